The van der Waals surface area contributed by atoms with Crippen LogP contribution >= 0.6 is 11.8 Å². The Hall–Kier alpha value is -4.06. The number of ether oxygens (including phenoxy) is 1. The number of imidazole rings is 1. The number of anilines is 2. The lowest BCUT2D eigenvalue weighted by molar-refractivity contribution is -0.0328. The standard InChI is InChI=1S/C21H15F3N6O2S/c22-21(23,24)33-17-7-3-15(4-8-17)29-20(31)28-14-1-5-16(6-2-14)32-19-11-18(26-12-27-19)30-10-9-25-13-30/h1-13H,(H2,28,29,31). The van der Waals surface area contributed by atoms with Gasteiger partial charge in [0.25, 0.3) is 0 Å². The molecule has 33 heavy (non-hydrogen) atoms. The number of urea groups is 1. The zero-order chi connectivity index (χ0) is 23.3. The molecule has 12 heteroatoms. The van der Waals surface area contributed by atoms with E-state index in [0.29, 0.717) is 28.8 Å². The van der Waals surface area contributed by atoms with Gasteiger partial charge in [-0.2, -0.15) is 13.2 Å². The minimum absolute atomic E-state index is 0.0323. The second kappa shape index (κ2) is 9.61. The van der Waals surface area contributed by atoms with Crippen LogP contribution in [0.15, 0.2) is 84.5 Å². The summed E-state index contributed by atoms with van der Waals surface area (Å²) in [5.41, 5.74) is -3.51. The van der Waals surface area contributed by atoms with E-state index in [1.165, 1.54) is 30.6 Å². The Morgan fingerprint density at radius 1 is 0.970 bits per heavy atom. The van der Waals surface area contributed by atoms with Crippen molar-refractivity contribution in [3.63, 3.8) is 0 Å². The molecule has 0 bridgehead atoms. The summed E-state index contributed by atoms with van der Waals surface area (Å²) in [6, 6.07) is 13.0. The van der Waals surface area contributed by atoms with Gasteiger partial charge in [-0.3, -0.25) is 4.57 Å². The molecule has 0 fully saturated rings. The summed E-state index contributed by atoms with van der Waals surface area (Å²) in [5, 5.41) is 5.19. The molecule has 0 spiro atoms. The first kappa shape index (κ1) is 22.1. The summed E-state index contributed by atoms with van der Waals surface area (Å²) in [6.07, 6.45) is 6.35. The molecule has 4 aromatic rings. The lowest BCUT2D eigenvalue weighted by Crippen LogP contribution is -2.19. The van der Waals surface area contributed by atoms with Crippen LogP contribution < -0.4 is 15.4 Å². The largest absolute Gasteiger partial charge is 0.446 e. The number of nitrogens with zero attached hydrogens (tertiary/aromatic N) is 4. The molecule has 4 rings (SSSR count). The quantitative estimate of drug-likeness (QED) is 0.349. The second-order valence-electron chi connectivity index (χ2n) is 6.46. The molecule has 0 saturated carbocycles. The fourth-order valence-corrected chi connectivity index (χ4v) is 3.22. The highest BCUT2D eigenvalue weighted by atomic mass is 32.2. The maximum atomic E-state index is 12.4. The molecule has 0 radical (unpaired) electrons. The highest BCUT2D eigenvalue weighted by Crippen LogP contribution is 2.37. The van der Waals surface area contributed by atoms with Crippen LogP contribution in [0, 0.1) is 0 Å². The van der Waals surface area contributed by atoms with Gasteiger partial charge in [0.15, 0.2) is 0 Å². The zero-order valence-electron chi connectivity index (χ0n) is 16.7. The van der Waals surface area contributed by atoms with Gasteiger partial charge in [0.2, 0.25) is 5.88 Å². The van der Waals surface area contributed by atoms with Crippen molar-refractivity contribution in [3.05, 3.63) is 79.6 Å². The molecule has 0 aliphatic heterocycles. The first-order chi connectivity index (χ1) is 15.8. The topological polar surface area (TPSA) is 94.0 Å². The average Bonchev–Trinajstić information content (AvgIpc) is 3.31. The molecule has 0 atom stereocenters. The van der Waals surface area contributed by atoms with Crippen molar-refractivity contribution >= 4 is 29.2 Å². The van der Waals surface area contributed by atoms with Gasteiger partial charge in [0.1, 0.15) is 24.2 Å². The van der Waals surface area contributed by atoms with E-state index in [1.807, 2.05) is 0 Å². The predicted octanol–water partition coefficient (Wildman–Crippen LogP) is 5.71. The number of hydrogen-bond acceptors (Lipinski definition) is 6. The third-order valence-corrected chi connectivity index (χ3v) is 4.82. The summed E-state index contributed by atoms with van der Waals surface area (Å²) in [4.78, 5) is 24.4. The number of alkyl halides is 3. The number of nitrogens with one attached hydrogen (secondary N) is 2. The minimum atomic E-state index is -4.36. The highest BCUT2D eigenvalue weighted by Gasteiger charge is 2.29. The molecule has 2 N–H and O–H groups in total. The lowest BCUT2D eigenvalue weighted by atomic mass is 10.3. The van der Waals surface area contributed by atoms with Crippen LogP contribution in [0.1, 0.15) is 0 Å². The maximum absolute atomic E-state index is 12.4. The van der Waals surface area contributed by atoms with Crippen LogP contribution in [0.4, 0.5) is 29.3 Å². The number of aromatic nitrogens is 4. The second-order valence-corrected chi connectivity index (χ2v) is 7.60. The van der Waals surface area contributed by atoms with Gasteiger partial charge in [-0.15, -0.1) is 0 Å². The highest BCUT2D eigenvalue weighted by molar-refractivity contribution is 8.00. The van der Waals surface area contributed by atoms with E-state index in [0.717, 1.165) is 0 Å². The van der Waals surface area contributed by atoms with Gasteiger partial charge in [-0.1, -0.05) is 0 Å². The summed E-state index contributed by atoms with van der Waals surface area (Å²) < 4.78 is 44.6. The van der Waals surface area contributed by atoms with Gasteiger partial charge in [-0.25, -0.2) is 19.7 Å². The van der Waals surface area contributed by atoms with E-state index in [9.17, 15) is 18.0 Å². The van der Waals surface area contributed by atoms with E-state index >= 15 is 0 Å². The number of thioether (sulfide) groups is 1. The van der Waals surface area contributed by atoms with E-state index < -0.39 is 11.5 Å². The van der Waals surface area contributed by atoms with Crippen LogP contribution in [-0.4, -0.2) is 31.1 Å². The van der Waals surface area contributed by atoms with Crippen LogP contribution in [0.25, 0.3) is 5.82 Å². The average molecular weight is 472 g/mol. The van der Waals surface area contributed by atoms with Gasteiger partial charge in [0, 0.05) is 34.7 Å². The molecule has 8 nitrogen and oxygen atoms in total. The lowest BCUT2D eigenvalue weighted by Gasteiger charge is -2.10. The molecule has 168 valence electrons. The summed E-state index contributed by atoms with van der Waals surface area (Å²) in [5.74, 6) is 1.42. The number of benzene rings is 2. The Labute approximate surface area is 189 Å². The predicted molar refractivity (Wildman–Crippen MR) is 117 cm³/mol. The number of carbonyl (C=O) groups excluding carboxylic acids is 1. The molecule has 0 aliphatic carbocycles. The van der Waals surface area contributed by atoms with Crippen molar-refractivity contribution in [2.24, 2.45) is 0 Å². The Morgan fingerprint density at radius 2 is 1.64 bits per heavy atom. The van der Waals surface area contributed by atoms with Crippen molar-refractivity contribution in [2.45, 2.75) is 10.4 Å². The first-order valence-electron chi connectivity index (χ1n) is 9.36. The van der Waals surface area contributed by atoms with Crippen molar-refractivity contribution < 1.29 is 22.7 Å². The smallest absolute Gasteiger partial charge is 0.439 e. The fraction of sp³-hybridized carbons (Fsp3) is 0.0476. The minimum Gasteiger partial charge on any atom is -0.439 e. The van der Waals surface area contributed by atoms with E-state index in [2.05, 4.69) is 25.6 Å². The van der Waals surface area contributed by atoms with Crippen molar-refractivity contribution in [1.29, 1.82) is 0 Å². The van der Waals surface area contributed by atoms with Gasteiger partial charge in [0.05, 0.1) is 0 Å². The summed E-state index contributed by atoms with van der Waals surface area (Å²) in [6.45, 7) is 0. The number of carbonyl (C=O) groups is 1. The molecule has 2 amide bonds. The Bertz CT molecular complexity index is 1220. The van der Waals surface area contributed by atoms with Gasteiger partial charge >= 0.3 is 11.5 Å². The van der Waals surface area contributed by atoms with E-state index in [-0.39, 0.29) is 16.7 Å². The van der Waals surface area contributed by atoms with Crippen molar-refractivity contribution in [1.82, 2.24) is 19.5 Å². The Kier molecular flexibility index (Phi) is 6.45. The fourth-order valence-electron chi connectivity index (χ4n) is 2.68. The van der Waals surface area contributed by atoms with E-state index in [4.69, 9.17) is 4.74 Å². The van der Waals surface area contributed by atoms with Gasteiger partial charge in [-0.05, 0) is 60.3 Å². The molecule has 2 aromatic carbocycles. The zero-order valence-corrected chi connectivity index (χ0v) is 17.5. The number of halogens is 3. The Balaban J connectivity index is 1.32. The Morgan fingerprint density at radius 3 is 2.24 bits per heavy atom. The molecule has 0 aliphatic rings. The van der Waals surface area contributed by atoms with Crippen LogP contribution in [0.3, 0.4) is 0 Å². The number of hydrogen-bond donors (Lipinski definition) is 2. The van der Waals surface area contributed by atoms with Crippen LogP contribution in [-0.2, 0) is 0 Å². The molecular formula is C21H15F3N6O2S. The normalized spacial score (nSPS) is 11.1. The molecular weight excluding hydrogens is 457 g/mol. The maximum Gasteiger partial charge on any atom is 0.446 e. The number of amides is 2. The summed E-state index contributed by atoms with van der Waals surface area (Å²) >= 11 is -0.219. The van der Waals surface area contributed by atoms with Crippen LogP contribution in [0.5, 0.6) is 11.6 Å². The molecule has 2 heterocycles. The third kappa shape index (κ3) is 6.46. The van der Waals surface area contributed by atoms with Crippen molar-refractivity contribution in [2.75, 3.05) is 10.6 Å². The van der Waals surface area contributed by atoms with E-state index in [1.54, 1.807) is 53.6 Å². The summed E-state index contributed by atoms with van der Waals surface area (Å²) in [7, 11) is 0. The number of rotatable bonds is 6. The molecule has 0 saturated heterocycles. The van der Waals surface area contributed by atoms with Crippen molar-refractivity contribution in [3.8, 4) is 17.4 Å². The SMILES string of the molecule is O=C(Nc1ccc(Oc2cc(-n3ccnc3)ncn2)cc1)Nc1ccc(SC(F)(F)F)cc1. The third-order valence-electron chi connectivity index (χ3n) is 4.08. The monoisotopic (exact) mass is 472 g/mol. The first-order valence-corrected chi connectivity index (χ1v) is 10.2. The van der Waals surface area contributed by atoms with Crippen LogP contribution in [0.2, 0.25) is 0 Å². The molecule has 0 unspecified atom stereocenters. The van der Waals surface area contributed by atoms with Gasteiger partial charge < -0.3 is 15.4 Å². The molecule has 2 aromatic heterocycles.